The Kier molecular flexibility index (Phi) is 3.69. The first-order valence-corrected chi connectivity index (χ1v) is 6.67. The van der Waals surface area contributed by atoms with Crippen molar-refractivity contribution >= 4 is 28.9 Å². The van der Waals surface area contributed by atoms with Crippen LogP contribution in [0, 0.1) is 10.1 Å². The normalized spacial score (nSPS) is 10.6. The Labute approximate surface area is 105 Å². The molecule has 7 nitrogen and oxygen atoms in total. The largest absolute Gasteiger partial charge is 0.358 e. The topological polar surface area (TPSA) is 97.6 Å². The zero-order valence-electron chi connectivity index (χ0n) is 8.91. The molecule has 2 heterocycles. The lowest BCUT2D eigenvalue weighted by molar-refractivity contribution is -0.389. The van der Waals surface area contributed by atoms with Gasteiger partial charge in [-0.25, -0.2) is 9.97 Å². The Morgan fingerprint density at radius 1 is 1.59 bits per heavy atom. The summed E-state index contributed by atoms with van der Waals surface area (Å²) in [4.78, 5) is 16.5. The molecule has 90 valence electrons. The quantitative estimate of drug-likeness (QED) is 0.509. The van der Waals surface area contributed by atoms with E-state index in [9.17, 15) is 10.1 Å². The van der Waals surface area contributed by atoms with E-state index in [-0.39, 0.29) is 5.82 Å². The summed E-state index contributed by atoms with van der Waals surface area (Å²) in [6.45, 7) is 2.09. The first kappa shape index (κ1) is 12.0. The van der Waals surface area contributed by atoms with Crippen LogP contribution >= 0.6 is 23.1 Å². The molecule has 0 aliphatic carbocycles. The van der Waals surface area contributed by atoms with Crippen molar-refractivity contribution in [3.05, 3.63) is 16.3 Å². The maximum atomic E-state index is 10.5. The Morgan fingerprint density at radius 3 is 3.06 bits per heavy atom. The minimum atomic E-state index is -0.524. The second-order valence-corrected chi connectivity index (χ2v) is 5.42. The molecule has 17 heavy (non-hydrogen) atoms. The third-order valence-electron chi connectivity index (χ3n) is 1.80. The molecule has 2 rings (SSSR count). The fourth-order valence-electron chi connectivity index (χ4n) is 1.07. The number of nitro groups is 1. The Balaban J connectivity index is 2.15. The van der Waals surface area contributed by atoms with Gasteiger partial charge in [-0.15, -0.1) is 10.2 Å². The van der Waals surface area contributed by atoms with Crippen molar-refractivity contribution in [3.8, 4) is 10.8 Å². The van der Waals surface area contributed by atoms with Crippen molar-refractivity contribution in [3.63, 3.8) is 0 Å². The van der Waals surface area contributed by atoms with E-state index in [4.69, 9.17) is 0 Å². The van der Waals surface area contributed by atoms with Gasteiger partial charge in [0.05, 0.1) is 0 Å². The van der Waals surface area contributed by atoms with Crippen LogP contribution in [0.3, 0.4) is 0 Å². The molecule has 0 saturated carbocycles. The zero-order valence-corrected chi connectivity index (χ0v) is 10.5. The summed E-state index contributed by atoms with van der Waals surface area (Å²) in [5.41, 5.74) is 0. The number of H-pyrrole nitrogens is 1. The van der Waals surface area contributed by atoms with Crippen molar-refractivity contribution < 1.29 is 4.92 Å². The fraction of sp³-hybridized carbons (Fsp3) is 0.375. The van der Waals surface area contributed by atoms with Crippen molar-refractivity contribution in [1.82, 2.24) is 20.2 Å². The fourth-order valence-corrected chi connectivity index (χ4v) is 2.80. The van der Waals surface area contributed by atoms with Gasteiger partial charge in [0.1, 0.15) is 6.20 Å². The number of aromatic amines is 1. The predicted molar refractivity (Wildman–Crippen MR) is 65.2 cm³/mol. The summed E-state index contributed by atoms with van der Waals surface area (Å²) >= 11 is 2.99. The van der Waals surface area contributed by atoms with E-state index >= 15 is 0 Å². The van der Waals surface area contributed by atoms with Gasteiger partial charge in [-0.3, -0.25) is 0 Å². The van der Waals surface area contributed by atoms with E-state index in [1.165, 1.54) is 17.5 Å². The molecule has 0 radical (unpaired) electrons. The highest BCUT2D eigenvalue weighted by atomic mass is 32.2. The molecule has 0 amide bonds. The molecule has 1 N–H and O–H groups in total. The third kappa shape index (κ3) is 2.80. The van der Waals surface area contributed by atoms with E-state index in [0.29, 0.717) is 10.8 Å². The molecule has 9 heteroatoms. The molecule has 2 aromatic rings. The van der Waals surface area contributed by atoms with Gasteiger partial charge in [-0.1, -0.05) is 30.0 Å². The van der Waals surface area contributed by atoms with E-state index < -0.39 is 4.92 Å². The molecule has 0 spiro atoms. The second kappa shape index (κ2) is 5.23. The summed E-state index contributed by atoms with van der Waals surface area (Å²) in [6, 6.07) is 0. The monoisotopic (exact) mass is 271 g/mol. The van der Waals surface area contributed by atoms with Crippen LogP contribution in [0.15, 0.2) is 10.5 Å². The number of nitrogens with zero attached hydrogens (tertiary/aromatic N) is 4. The standard InChI is InChI=1S/C8H9N5O2S2/c1-2-3-16-8-12-11-7(17-8)6-9-4-5(10-6)13(14)15/h4H,2-3H2,1H3,(H,9,10). The average Bonchev–Trinajstić information content (AvgIpc) is 2.94. The van der Waals surface area contributed by atoms with Crippen LogP contribution < -0.4 is 0 Å². The molecule has 0 aliphatic heterocycles. The van der Waals surface area contributed by atoms with Gasteiger partial charge >= 0.3 is 5.82 Å². The van der Waals surface area contributed by atoms with Gasteiger partial charge in [0.25, 0.3) is 5.82 Å². The molecule has 0 aromatic carbocycles. The van der Waals surface area contributed by atoms with Gasteiger partial charge < -0.3 is 10.1 Å². The predicted octanol–water partition coefficient (Wildman–Crippen LogP) is 2.34. The number of thioether (sulfide) groups is 1. The van der Waals surface area contributed by atoms with Gasteiger partial charge in [0.2, 0.25) is 5.01 Å². The highest BCUT2D eigenvalue weighted by Crippen LogP contribution is 2.28. The summed E-state index contributed by atoms with van der Waals surface area (Å²) in [5.74, 6) is 1.22. The van der Waals surface area contributed by atoms with Crippen LogP contribution in [0.4, 0.5) is 5.82 Å². The lowest BCUT2D eigenvalue weighted by Gasteiger charge is -1.88. The van der Waals surface area contributed by atoms with Crippen LogP contribution in [0.5, 0.6) is 0 Å². The molecule has 0 aliphatic rings. The maximum Gasteiger partial charge on any atom is 0.341 e. The molecular formula is C8H9N5O2S2. The Bertz CT molecular complexity index is 523. The molecular weight excluding hydrogens is 262 g/mol. The molecule has 0 unspecified atom stereocenters. The highest BCUT2D eigenvalue weighted by Gasteiger charge is 2.16. The summed E-state index contributed by atoms with van der Waals surface area (Å²) in [7, 11) is 0. The van der Waals surface area contributed by atoms with Crippen LogP contribution in [-0.4, -0.2) is 30.8 Å². The number of rotatable bonds is 5. The highest BCUT2D eigenvalue weighted by molar-refractivity contribution is 8.01. The zero-order chi connectivity index (χ0) is 12.3. The molecule has 0 saturated heterocycles. The Hall–Kier alpha value is -1.48. The molecule has 0 fully saturated rings. The van der Waals surface area contributed by atoms with Gasteiger partial charge in [-0.2, -0.15) is 0 Å². The molecule has 0 bridgehead atoms. The van der Waals surface area contributed by atoms with Crippen molar-refractivity contribution in [2.45, 2.75) is 17.7 Å². The van der Waals surface area contributed by atoms with E-state index in [1.807, 2.05) is 0 Å². The lowest BCUT2D eigenvalue weighted by atomic mass is 10.6. The maximum absolute atomic E-state index is 10.5. The number of hydrogen-bond donors (Lipinski definition) is 1. The SMILES string of the molecule is CCCSc1nnc(-c2ncc([N+](=O)[O-])[nH]2)s1. The summed E-state index contributed by atoms with van der Waals surface area (Å²) in [6.07, 6.45) is 2.24. The lowest BCUT2D eigenvalue weighted by Crippen LogP contribution is -1.87. The smallest absolute Gasteiger partial charge is 0.341 e. The number of nitrogens with one attached hydrogen (secondary N) is 1. The van der Waals surface area contributed by atoms with Gasteiger partial charge in [0.15, 0.2) is 4.34 Å². The first-order chi connectivity index (χ1) is 8.20. The number of aromatic nitrogens is 4. The first-order valence-electron chi connectivity index (χ1n) is 4.86. The van der Waals surface area contributed by atoms with Crippen LogP contribution in [0.25, 0.3) is 10.8 Å². The number of hydrogen-bond acceptors (Lipinski definition) is 7. The summed E-state index contributed by atoms with van der Waals surface area (Å²) in [5, 5.41) is 19.0. The third-order valence-corrected chi connectivity index (χ3v) is 4.07. The minimum absolute atomic E-state index is 0.141. The van der Waals surface area contributed by atoms with Crippen molar-refractivity contribution in [2.24, 2.45) is 0 Å². The Morgan fingerprint density at radius 2 is 2.41 bits per heavy atom. The van der Waals surface area contributed by atoms with Crippen LogP contribution in [0.1, 0.15) is 13.3 Å². The minimum Gasteiger partial charge on any atom is -0.358 e. The molecule has 0 atom stereocenters. The van der Waals surface area contributed by atoms with E-state index in [2.05, 4.69) is 27.1 Å². The average molecular weight is 271 g/mol. The van der Waals surface area contributed by atoms with E-state index in [1.54, 1.807) is 11.8 Å². The molecule has 2 aromatic heterocycles. The van der Waals surface area contributed by atoms with E-state index in [0.717, 1.165) is 16.5 Å². The van der Waals surface area contributed by atoms with Gasteiger partial charge in [0, 0.05) is 5.75 Å². The van der Waals surface area contributed by atoms with Crippen molar-refractivity contribution in [1.29, 1.82) is 0 Å². The van der Waals surface area contributed by atoms with Crippen LogP contribution in [0.2, 0.25) is 0 Å². The van der Waals surface area contributed by atoms with Crippen LogP contribution in [-0.2, 0) is 0 Å². The van der Waals surface area contributed by atoms with Gasteiger partial charge in [-0.05, 0) is 11.3 Å². The summed E-state index contributed by atoms with van der Waals surface area (Å²) < 4.78 is 0.848. The second-order valence-electron chi connectivity index (χ2n) is 3.10. The number of imidazole rings is 1. The van der Waals surface area contributed by atoms with Crippen molar-refractivity contribution in [2.75, 3.05) is 5.75 Å².